The summed E-state index contributed by atoms with van der Waals surface area (Å²) in [5, 5.41) is 0. The number of benzene rings is 2. The highest BCUT2D eigenvalue weighted by Gasteiger charge is 2.22. The molecule has 1 saturated heterocycles. The molecule has 7 heteroatoms. The molecule has 162 valence electrons. The number of hydrogen-bond acceptors (Lipinski definition) is 6. The quantitative estimate of drug-likeness (QED) is 0.556. The minimum atomic E-state index is -0.113. The number of oxazole rings is 1. The second-order valence-electron chi connectivity index (χ2n) is 7.47. The van der Waals surface area contributed by atoms with Gasteiger partial charge in [-0.2, -0.15) is 0 Å². The molecule has 31 heavy (non-hydrogen) atoms. The van der Waals surface area contributed by atoms with Gasteiger partial charge in [-0.25, -0.2) is 4.98 Å². The molecule has 0 N–H and O–H groups in total. The van der Waals surface area contributed by atoms with Crippen molar-refractivity contribution in [2.24, 2.45) is 0 Å². The molecule has 7 nitrogen and oxygen atoms in total. The SMILES string of the molecule is COc1ccccc1CN(Cc1ccccc1)Cc1nc(C(=O)N2CCOCC2)co1. The molecule has 3 aromatic rings. The van der Waals surface area contributed by atoms with Gasteiger partial charge in [0.1, 0.15) is 12.0 Å². The lowest BCUT2D eigenvalue weighted by Crippen LogP contribution is -2.40. The first kappa shape index (κ1) is 21.1. The van der Waals surface area contributed by atoms with Gasteiger partial charge < -0.3 is 18.8 Å². The third-order valence-electron chi connectivity index (χ3n) is 5.26. The molecule has 0 unspecified atom stereocenters. The summed E-state index contributed by atoms with van der Waals surface area (Å²) < 4.78 is 16.5. The molecule has 0 atom stereocenters. The summed E-state index contributed by atoms with van der Waals surface area (Å²) in [7, 11) is 1.68. The van der Waals surface area contributed by atoms with E-state index in [4.69, 9.17) is 13.9 Å². The van der Waals surface area contributed by atoms with E-state index in [0.717, 1.165) is 11.3 Å². The van der Waals surface area contributed by atoms with Crippen molar-refractivity contribution in [2.45, 2.75) is 19.6 Å². The average Bonchev–Trinajstić information content (AvgIpc) is 3.28. The Kier molecular flexibility index (Phi) is 6.96. The predicted molar refractivity (Wildman–Crippen MR) is 116 cm³/mol. The fourth-order valence-electron chi connectivity index (χ4n) is 3.69. The van der Waals surface area contributed by atoms with Gasteiger partial charge >= 0.3 is 0 Å². The fraction of sp³-hybridized carbons (Fsp3) is 0.333. The number of morpholine rings is 1. The summed E-state index contributed by atoms with van der Waals surface area (Å²) in [4.78, 5) is 21.1. The molecule has 0 bridgehead atoms. The Morgan fingerprint density at radius 3 is 2.55 bits per heavy atom. The molecule has 0 saturated carbocycles. The number of carbonyl (C=O) groups is 1. The van der Waals surface area contributed by atoms with Gasteiger partial charge in [0.15, 0.2) is 5.69 Å². The van der Waals surface area contributed by atoms with Crippen LogP contribution in [0.3, 0.4) is 0 Å². The van der Waals surface area contributed by atoms with E-state index in [0.29, 0.717) is 57.5 Å². The van der Waals surface area contributed by atoms with E-state index in [1.54, 1.807) is 12.0 Å². The molecule has 1 fully saturated rings. The molecule has 2 aromatic carbocycles. The van der Waals surface area contributed by atoms with Crippen LogP contribution >= 0.6 is 0 Å². The van der Waals surface area contributed by atoms with E-state index in [1.165, 1.54) is 11.8 Å². The highest BCUT2D eigenvalue weighted by molar-refractivity contribution is 5.92. The first-order chi connectivity index (χ1) is 15.2. The van der Waals surface area contributed by atoms with E-state index in [9.17, 15) is 4.79 Å². The zero-order valence-corrected chi connectivity index (χ0v) is 17.7. The van der Waals surface area contributed by atoms with Crippen LogP contribution in [0, 0.1) is 0 Å². The van der Waals surface area contributed by atoms with Crippen molar-refractivity contribution in [3.8, 4) is 5.75 Å². The minimum Gasteiger partial charge on any atom is -0.496 e. The highest BCUT2D eigenvalue weighted by Crippen LogP contribution is 2.22. The summed E-state index contributed by atoms with van der Waals surface area (Å²) in [6.07, 6.45) is 1.46. The number of amides is 1. The Hall–Kier alpha value is -3.16. The van der Waals surface area contributed by atoms with Gasteiger partial charge in [0.2, 0.25) is 5.89 Å². The number of aromatic nitrogens is 1. The maximum absolute atomic E-state index is 12.7. The van der Waals surface area contributed by atoms with Crippen molar-refractivity contribution in [1.29, 1.82) is 0 Å². The maximum atomic E-state index is 12.7. The molecule has 0 radical (unpaired) electrons. The Morgan fingerprint density at radius 1 is 1.03 bits per heavy atom. The van der Waals surface area contributed by atoms with Crippen LogP contribution < -0.4 is 4.74 Å². The summed E-state index contributed by atoms with van der Waals surface area (Å²) in [6.45, 7) is 4.12. The third-order valence-corrected chi connectivity index (χ3v) is 5.26. The minimum absolute atomic E-state index is 0.113. The van der Waals surface area contributed by atoms with Crippen LogP contribution in [0.1, 0.15) is 27.5 Å². The summed E-state index contributed by atoms with van der Waals surface area (Å²) >= 11 is 0. The zero-order valence-electron chi connectivity index (χ0n) is 17.7. The number of nitrogens with zero attached hydrogens (tertiary/aromatic N) is 3. The topological polar surface area (TPSA) is 68.0 Å². The normalized spacial score (nSPS) is 14.1. The molecular weight excluding hydrogens is 394 g/mol. The second-order valence-corrected chi connectivity index (χ2v) is 7.47. The van der Waals surface area contributed by atoms with Crippen molar-refractivity contribution < 1.29 is 18.7 Å². The van der Waals surface area contributed by atoms with Gasteiger partial charge in [-0.15, -0.1) is 0 Å². The summed E-state index contributed by atoms with van der Waals surface area (Å²) in [5.41, 5.74) is 2.61. The van der Waals surface area contributed by atoms with E-state index >= 15 is 0 Å². The van der Waals surface area contributed by atoms with Crippen molar-refractivity contribution in [2.75, 3.05) is 33.4 Å². The standard InChI is InChI=1S/C24H27N3O4/c1-29-22-10-6-5-9-20(22)16-26(15-19-7-3-2-4-8-19)17-23-25-21(18-31-23)24(28)27-11-13-30-14-12-27/h2-10,18H,11-17H2,1H3. The maximum Gasteiger partial charge on any atom is 0.275 e. The molecule has 0 aliphatic carbocycles. The number of hydrogen-bond donors (Lipinski definition) is 0. The number of ether oxygens (including phenoxy) is 2. The monoisotopic (exact) mass is 421 g/mol. The van der Waals surface area contributed by atoms with Gasteiger partial charge in [-0.05, 0) is 11.6 Å². The smallest absolute Gasteiger partial charge is 0.275 e. The first-order valence-electron chi connectivity index (χ1n) is 10.4. The first-order valence-corrected chi connectivity index (χ1v) is 10.4. The molecule has 1 amide bonds. The van der Waals surface area contributed by atoms with Crippen molar-refractivity contribution in [3.05, 3.63) is 83.6 Å². The Morgan fingerprint density at radius 2 is 1.77 bits per heavy atom. The third kappa shape index (κ3) is 5.51. The van der Waals surface area contributed by atoms with Crippen LogP contribution in [-0.4, -0.2) is 54.1 Å². The van der Waals surface area contributed by atoms with E-state index < -0.39 is 0 Å². The van der Waals surface area contributed by atoms with Crippen molar-refractivity contribution >= 4 is 5.91 Å². The lowest BCUT2D eigenvalue weighted by molar-refractivity contribution is 0.0299. The highest BCUT2D eigenvalue weighted by atomic mass is 16.5. The van der Waals surface area contributed by atoms with Crippen LogP contribution in [0.25, 0.3) is 0 Å². The van der Waals surface area contributed by atoms with Crippen molar-refractivity contribution in [3.63, 3.8) is 0 Å². The van der Waals surface area contributed by atoms with Crippen LogP contribution in [-0.2, 0) is 24.4 Å². The van der Waals surface area contributed by atoms with Gasteiger partial charge in [0, 0.05) is 31.7 Å². The van der Waals surface area contributed by atoms with Crippen LogP contribution in [0.15, 0.2) is 65.3 Å². The molecule has 1 aliphatic rings. The van der Waals surface area contributed by atoms with Gasteiger partial charge in [0.05, 0.1) is 26.9 Å². The zero-order chi connectivity index (χ0) is 21.5. The largest absolute Gasteiger partial charge is 0.496 e. The van der Waals surface area contributed by atoms with Crippen LogP contribution in [0.4, 0.5) is 0 Å². The molecule has 1 aromatic heterocycles. The van der Waals surface area contributed by atoms with Crippen LogP contribution in [0.2, 0.25) is 0 Å². The number of para-hydroxylation sites is 1. The molecule has 2 heterocycles. The van der Waals surface area contributed by atoms with E-state index in [1.807, 2.05) is 36.4 Å². The summed E-state index contributed by atoms with van der Waals surface area (Å²) in [6, 6.07) is 18.2. The number of methoxy groups -OCH3 is 1. The molecular formula is C24H27N3O4. The van der Waals surface area contributed by atoms with Gasteiger partial charge in [-0.3, -0.25) is 9.69 Å². The average molecular weight is 421 g/mol. The Bertz CT molecular complexity index is 983. The number of rotatable bonds is 8. The molecule has 4 rings (SSSR count). The Labute approximate surface area is 182 Å². The van der Waals surface area contributed by atoms with Gasteiger partial charge in [0.25, 0.3) is 5.91 Å². The molecule has 1 aliphatic heterocycles. The number of carbonyl (C=O) groups excluding carboxylic acids is 1. The Balaban J connectivity index is 1.50. The lowest BCUT2D eigenvalue weighted by atomic mass is 10.1. The van der Waals surface area contributed by atoms with Crippen LogP contribution in [0.5, 0.6) is 5.75 Å². The predicted octanol–water partition coefficient (Wildman–Crippen LogP) is 3.36. The second kappa shape index (κ2) is 10.2. The fourth-order valence-corrected chi connectivity index (χ4v) is 3.69. The molecule has 0 spiro atoms. The van der Waals surface area contributed by atoms with E-state index in [2.05, 4.69) is 28.1 Å². The van der Waals surface area contributed by atoms with Crippen molar-refractivity contribution in [1.82, 2.24) is 14.8 Å². The summed E-state index contributed by atoms with van der Waals surface area (Å²) in [5.74, 6) is 1.25. The van der Waals surface area contributed by atoms with Gasteiger partial charge in [-0.1, -0.05) is 48.5 Å². The van der Waals surface area contributed by atoms with E-state index in [-0.39, 0.29) is 5.91 Å². The lowest BCUT2D eigenvalue weighted by Gasteiger charge is -2.25.